The highest BCUT2D eigenvalue weighted by Gasteiger charge is 1.89. The van der Waals surface area contributed by atoms with Crippen LogP contribution in [0.3, 0.4) is 0 Å². The highest BCUT2D eigenvalue weighted by Crippen LogP contribution is 1.89. The van der Waals surface area contributed by atoms with Gasteiger partial charge in [-0.05, 0) is 33.5 Å². The lowest BCUT2D eigenvalue weighted by atomic mass is 10.3. The van der Waals surface area contributed by atoms with Crippen molar-refractivity contribution in [2.75, 3.05) is 20.1 Å². The van der Waals surface area contributed by atoms with Gasteiger partial charge < -0.3 is 4.90 Å². The van der Waals surface area contributed by atoms with Gasteiger partial charge in [0.05, 0.1) is 0 Å². The summed E-state index contributed by atoms with van der Waals surface area (Å²) in [5.74, 6) is 0. The van der Waals surface area contributed by atoms with Crippen molar-refractivity contribution < 1.29 is 0 Å². The first-order chi connectivity index (χ1) is 9.22. The maximum absolute atomic E-state index is 3.51. The zero-order valence-electron chi connectivity index (χ0n) is 14.9. The van der Waals surface area contributed by atoms with Gasteiger partial charge in [0.15, 0.2) is 0 Å². The van der Waals surface area contributed by atoms with Crippen molar-refractivity contribution in [2.24, 2.45) is 0 Å². The Balaban J connectivity index is -0.0000000941. The minimum Gasteiger partial charge on any atom is -0.307 e. The van der Waals surface area contributed by atoms with Crippen molar-refractivity contribution in [3.63, 3.8) is 0 Å². The molecule has 0 spiro atoms. The Kier molecular flexibility index (Phi) is 50.5. The van der Waals surface area contributed by atoms with Crippen molar-refractivity contribution in [3.05, 3.63) is 37.0 Å². The molecule has 0 saturated heterocycles. The van der Waals surface area contributed by atoms with Crippen molar-refractivity contribution in [3.8, 4) is 0 Å². The van der Waals surface area contributed by atoms with Crippen LogP contribution in [-0.2, 0) is 0 Å². The molecule has 0 aromatic carbocycles. The lowest BCUT2D eigenvalue weighted by molar-refractivity contribution is 0.346. The molecule has 0 saturated carbocycles. The van der Waals surface area contributed by atoms with E-state index in [1.165, 1.54) is 25.9 Å². The molecule has 0 aromatic rings. The fourth-order valence-corrected chi connectivity index (χ4v) is 0.840. The molecule has 0 aromatic heterocycles. The Morgan fingerprint density at radius 2 is 1.47 bits per heavy atom. The fraction of sp³-hybridized carbons (Fsp3) is 0.667. The predicted octanol–water partition coefficient (Wildman–Crippen LogP) is 6.10. The van der Waals surface area contributed by atoms with E-state index in [1.807, 2.05) is 58.9 Å². The molecule has 1 heteroatoms. The predicted molar refractivity (Wildman–Crippen MR) is 94.9 cm³/mol. The number of allylic oxidation sites excluding steroid dienone is 5. The molecule has 1 nitrogen and oxygen atoms in total. The third kappa shape index (κ3) is 47.0. The molecule has 0 fully saturated rings. The maximum Gasteiger partial charge on any atom is -0.00220 e. The summed E-state index contributed by atoms with van der Waals surface area (Å²) in [6.45, 7) is 20.3. The maximum atomic E-state index is 3.51. The number of hydrogen-bond donors (Lipinski definition) is 0. The quantitative estimate of drug-likeness (QED) is 0.527. The van der Waals surface area contributed by atoms with Gasteiger partial charge >= 0.3 is 0 Å². The second-order valence-electron chi connectivity index (χ2n) is 3.40. The van der Waals surface area contributed by atoms with Gasteiger partial charge in [-0.25, -0.2) is 0 Å². The zero-order chi connectivity index (χ0) is 15.9. The third-order valence-corrected chi connectivity index (χ3v) is 1.98. The summed E-state index contributed by atoms with van der Waals surface area (Å²) in [5.41, 5.74) is 0. The molecule has 0 atom stereocenters. The van der Waals surface area contributed by atoms with Crippen LogP contribution in [0.1, 0.15) is 61.3 Å². The van der Waals surface area contributed by atoms with E-state index in [4.69, 9.17) is 0 Å². The summed E-state index contributed by atoms with van der Waals surface area (Å²) >= 11 is 0. The highest BCUT2D eigenvalue weighted by atomic mass is 15.1. The summed E-state index contributed by atoms with van der Waals surface area (Å²) in [6, 6.07) is 0. The number of nitrogens with zero attached hydrogens (tertiary/aromatic N) is 1. The van der Waals surface area contributed by atoms with Crippen LogP contribution in [0.25, 0.3) is 0 Å². The first kappa shape index (κ1) is 26.7. The van der Waals surface area contributed by atoms with E-state index in [1.54, 1.807) is 6.08 Å². The molecular weight excluding hydrogens is 230 g/mol. The van der Waals surface area contributed by atoms with E-state index in [9.17, 15) is 0 Å². The van der Waals surface area contributed by atoms with E-state index in [0.29, 0.717) is 0 Å². The second kappa shape index (κ2) is 36.0. The van der Waals surface area contributed by atoms with Crippen LogP contribution < -0.4 is 0 Å². The summed E-state index contributed by atoms with van der Waals surface area (Å²) < 4.78 is 0. The van der Waals surface area contributed by atoms with Gasteiger partial charge in [-0.2, -0.15) is 0 Å². The Labute approximate surface area is 124 Å². The van der Waals surface area contributed by atoms with Crippen LogP contribution in [0.2, 0.25) is 0 Å². The molecule has 0 rings (SSSR count). The SMILES string of the molecule is C=C/C=C\C=C\C.CC.CC.CCCCN(C)CC. The second-order valence-corrected chi connectivity index (χ2v) is 3.40. The fourth-order valence-electron chi connectivity index (χ4n) is 0.840. The van der Waals surface area contributed by atoms with E-state index in [2.05, 4.69) is 32.4 Å². The highest BCUT2D eigenvalue weighted by molar-refractivity contribution is 5.07. The normalized spacial score (nSPS) is 9.11. The minimum absolute atomic E-state index is 1.18. The van der Waals surface area contributed by atoms with Crippen LogP contribution >= 0.6 is 0 Å². The summed E-state index contributed by atoms with van der Waals surface area (Å²) in [4.78, 5) is 2.34. The van der Waals surface area contributed by atoms with Crippen LogP contribution in [-0.4, -0.2) is 25.0 Å². The first-order valence-corrected chi connectivity index (χ1v) is 7.81. The molecule has 0 aliphatic heterocycles. The van der Waals surface area contributed by atoms with E-state index in [0.717, 1.165) is 0 Å². The first-order valence-electron chi connectivity index (χ1n) is 7.81. The average Bonchev–Trinajstić information content (AvgIpc) is 2.50. The van der Waals surface area contributed by atoms with Gasteiger partial charge in [0.25, 0.3) is 0 Å². The van der Waals surface area contributed by atoms with Gasteiger partial charge in [0, 0.05) is 0 Å². The number of hydrogen-bond acceptors (Lipinski definition) is 1. The molecule has 0 heterocycles. The molecule has 0 N–H and O–H groups in total. The summed E-state index contributed by atoms with van der Waals surface area (Å²) in [5, 5.41) is 0. The molecule has 0 radical (unpaired) electrons. The lowest BCUT2D eigenvalue weighted by Gasteiger charge is -2.11. The molecule has 0 aliphatic carbocycles. The standard InChI is InChI=1S/C7H17N.C7H10.2C2H6/c1-4-6-7-8(3)5-2;1-3-5-7-6-4-2;2*1-2/h4-7H2,1-3H3;3-7H,1H2,2H3;2*1-2H3/b;6-4+,7-5-;;. The van der Waals surface area contributed by atoms with Crippen molar-refractivity contribution >= 4 is 0 Å². The molecule has 116 valence electrons. The van der Waals surface area contributed by atoms with Gasteiger partial charge in [0.2, 0.25) is 0 Å². The van der Waals surface area contributed by atoms with Gasteiger partial charge in [-0.15, -0.1) is 0 Å². The van der Waals surface area contributed by atoms with Crippen LogP contribution in [0.5, 0.6) is 0 Å². The molecule has 0 amide bonds. The van der Waals surface area contributed by atoms with Gasteiger partial charge in [-0.1, -0.05) is 84.9 Å². The van der Waals surface area contributed by atoms with Crippen molar-refractivity contribution in [1.29, 1.82) is 0 Å². The molecule has 0 bridgehead atoms. The lowest BCUT2D eigenvalue weighted by Crippen LogP contribution is -2.18. The Morgan fingerprint density at radius 1 is 0.947 bits per heavy atom. The smallest absolute Gasteiger partial charge is 0.00220 e. The Morgan fingerprint density at radius 3 is 1.79 bits per heavy atom. The Bertz CT molecular complexity index is 169. The van der Waals surface area contributed by atoms with E-state index < -0.39 is 0 Å². The van der Waals surface area contributed by atoms with Crippen molar-refractivity contribution in [2.45, 2.75) is 61.3 Å². The average molecular weight is 270 g/mol. The Hall–Kier alpha value is -0.820. The third-order valence-electron chi connectivity index (χ3n) is 1.98. The topological polar surface area (TPSA) is 3.24 Å². The van der Waals surface area contributed by atoms with Gasteiger partial charge in [0.1, 0.15) is 0 Å². The monoisotopic (exact) mass is 269 g/mol. The van der Waals surface area contributed by atoms with Gasteiger partial charge in [-0.3, -0.25) is 0 Å². The minimum atomic E-state index is 1.18. The molecule has 19 heavy (non-hydrogen) atoms. The summed E-state index contributed by atoms with van der Waals surface area (Å²) in [6.07, 6.45) is 12.2. The number of unbranched alkanes of at least 4 members (excludes halogenated alkanes) is 1. The van der Waals surface area contributed by atoms with Crippen LogP contribution in [0.15, 0.2) is 37.0 Å². The molecule has 0 unspecified atom stereocenters. The van der Waals surface area contributed by atoms with E-state index in [-0.39, 0.29) is 0 Å². The van der Waals surface area contributed by atoms with Crippen LogP contribution in [0.4, 0.5) is 0 Å². The van der Waals surface area contributed by atoms with Crippen LogP contribution in [0, 0.1) is 0 Å². The van der Waals surface area contributed by atoms with Crippen molar-refractivity contribution in [1.82, 2.24) is 4.90 Å². The number of rotatable bonds is 6. The molecule has 0 aliphatic rings. The van der Waals surface area contributed by atoms with E-state index >= 15 is 0 Å². The zero-order valence-corrected chi connectivity index (χ0v) is 14.9. The largest absolute Gasteiger partial charge is 0.307 e. The summed E-state index contributed by atoms with van der Waals surface area (Å²) in [7, 11) is 2.16. The molecular formula is C18H39N.